The van der Waals surface area contributed by atoms with Crippen molar-refractivity contribution in [2.75, 3.05) is 6.54 Å². The molecule has 0 radical (unpaired) electrons. The van der Waals surface area contributed by atoms with Gasteiger partial charge in [-0.15, -0.1) is 0 Å². The van der Waals surface area contributed by atoms with E-state index in [1.54, 1.807) is 0 Å². The Morgan fingerprint density at radius 2 is 1.95 bits per heavy atom. The van der Waals surface area contributed by atoms with Gasteiger partial charge in [-0.2, -0.15) is 0 Å². The monoisotopic (exact) mass is 324 g/mol. The zero-order valence-electron chi connectivity index (χ0n) is 10.4. The zero-order chi connectivity index (χ0) is 14.8. The summed E-state index contributed by atoms with van der Waals surface area (Å²) in [5.41, 5.74) is 0.0964. The molecular weight excluding hydrogens is 311 g/mol. The molecule has 3 N–H and O–H groups in total. The molecule has 0 aliphatic rings. The van der Waals surface area contributed by atoms with E-state index >= 15 is 0 Å². The molecule has 0 bridgehead atoms. The highest BCUT2D eigenvalue weighted by molar-refractivity contribution is 7.89. The van der Waals surface area contributed by atoms with Crippen LogP contribution < -0.4 is 10.5 Å². The third kappa shape index (κ3) is 4.35. The molecule has 1 rings (SSSR count). The second-order valence-electron chi connectivity index (χ2n) is 4.42. The highest BCUT2D eigenvalue weighted by Crippen LogP contribution is 2.30. The molecule has 0 saturated heterocycles. The summed E-state index contributed by atoms with van der Waals surface area (Å²) in [6.07, 6.45) is 0. The zero-order valence-corrected chi connectivity index (χ0v) is 12.7. The molecule has 0 atom stereocenters. The van der Waals surface area contributed by atoms with Crippen LogP contribution in [-0.4, -0.2) is 20.9 Å². The highest BCUT2D eigenvalue weighted by atomic mass is 35.5. The normalized spacial score (nSPS) is 11.7. The molecule has 0 unspecified atom stereocenters. The first-order valence-corrected chi connectivity index (χ1v) is 7.73. The summed E-state index contributed by atoms with van der Waals surface area (Å²) in [7, 11) is -4.04. The molecule has 1 aromatic carbocycles. The molecule has 0 fully saturated rings. The summed E-state index contributed by atoms with van der Waals surface area (Å²) in [5.74, 6) is -0.165. The van der Waals surface area contributed by atoms with Gasteiger partial charge in [0.1, 0.15) is 4.90 Å². The van der Waals surface area contributed by atoms with Crippen LogP contribution >= 0.6 is 23.2 Å². The van der Waals surface area contributed by atoms with Crippen molar-refractivity contribution in [1.82, 2.24) is 5.32 Å². The van der Waals surface area contributed by atoms with Crippen molar-refractivity contribution in [1.29, 1.82) is 0 Å². The molecule has 0 spiro atoms. The van der Waals surface area contributed by atoms with E-state index in [1.165, 1.54) is 6.07 Å². The van der Waals surface area contributed by atoms with Crippen molar-refractivity contribution in [2.24, 2.45) is 11.1 Å². The van der Waals surface area contributed by atoms with E-state index in [-0.39, 0.29) is 26.4 Å². The van der Waals surface area contributed by atoms with Gasteiger partial charge < -0.3 is 5.32 Å². The van der Waals surface area contributed by atoms with Gasteiger partial charge in [0.05, 0.1) is 10.0 Å². The molecular formula is C11H14Cl2N2O3S. The molecule has 19 heavy (non-hydrogen) atoms. The Labute approximate surface area is 122 Å². The Kier molecular flexibility index (Phi) is 5.20. The van der Waals surface area contributed by atoms with Crippen LogP contribution in [0, 0.1) is 5.92 Å². The number of amides is 1. The van der Waals surface area contributed by atoms with E-state index in [0.717, 1.165) is 6.07 Å². The van der Waals surface area contributed by atoms with Crippen molar-refractivity contribution in [2.45, 2.75) is 18.7 Å². The number of hydrogen-bond donors (Lipinski definition) is 2. The standard InChI is InChI=1S/C11H14Cl2N2O3S/c1-6(2)5-15-11(16)7-3-8(12)10(13)9(4-7)19(14,17)18/h3-4,6H,5H2,1-2H3,(H,15,16)(H2,14,17,18). The second-order valence-corrected chi connectivity index (χ2v) is 6.73. The lowest BCUT2D eigenvalue weighted by Gasteiger charge is -2.10. The van der Waals surface area contributed by atoms with Crippen molar-refractivity contribution >= 4 is 39.1 Å². The summed E-state index contributed by atoms with van der Waals surface area (Å²) in [6, 6.07) is 2.41. The van der Waals surface area contributed by atoms with Crippen LogP contribution in [0.15, 0.2) is 17.0 Å². The molecule has 106 valence electrons. The van der Waals surface area contributed by atoms with Gasteiger partial charge in [-0.3, -0.25) is 4.79 Å². The Balaban J connectivity index is 3.18. The van der Waals surface area contributed by atoms with Gasteiger partial charge in [0.25, 0.3) is 5.91 Å². The maximum Gasteiger partial charge on any atom is 0.251 e. The Bertz CT molecular complexity index is 600. The first kappa shape index (κ1) is 16.2. The Morgan fingerprint density at radius 1 is 1.37 bits per heavy atom. The third-order valence-corrected chi connectivity index (χ3v) is 4.08. The van der Waals surface area contributed by atoms with Gasteiger partial charge >= 0.3 is 0 Å². The quantitative estimate of drug-likeness (QED) is 0.887. The highest BCUT2D eigenvalue weighted by Gasteiger charge is 2.19. The van der Waals surface area contributed by atoms with Crippen LogP contribution in [0.2, 0.25) is 10.0 Å². The molecule has 8 heteroatoms. The fourth-order valence-corrected chi connectivity index (χ4v) is 2.66. The van der Waals surface area contributed by atoms with E-state index in [9.17, 15) is 13.2 Å². The number of nitrogens with two attached hydrogens (primary N) is 1. The summed E-state index contributed by atoms with van der Waals surface area (Å²) >= 11 is 11.6. The van der Waals surface area contributed by atoms with E-state index < -0.39 is 15.9 Å². The SMILES string of the molecule is CC(C)CNC(=O)c1cc(Cl)c(Cl)c(S(N)(=O)=O)c1. The van der Waals surface area contributed by atoms with E-state index in [2.05, 4.69) is 5.32 Å². The largest absolute Gasteiger partial charge is 0.352 e. The van der Waals surface area contributed by atoms with Crippen LogP contribution in [0.1, 0.15) is 24.2 Å². The van der Waals surface area contributed by atoms with Gasteiger partial charge in [-0.1, -0.05) is 37.0 Å². The Hall–Kier alpha value is -0.820. The number of carbonyl (C=O) groups excluding carboxylic acids is 1. The summed E-state index contributed by atoms with van der Waals surface area (Å²) < 4.78 is 22.7. The van der Waals surface area contributed by atoms with E-state index in [1.807, 2.05) is 13.8 Å². The van der Waals surface area contributed by atoms with Crippen molar-refractivity contribution < 1.29 is 13.2 Å². The van der Waals surface area contributed by atoms with Crippen LogP contribution in [0.5, 0.6) is 0 Å². The Morgan fingerprint density at radius 3 is 2.42 bits per heavy atom. The number of carbonyl (C=O) groups is 1. The number of primary sulfonamides is 1. The first-order valence-electron chi connectivity index (χ1n) is 5.43. The number of benzene rings is 1. The molecule has 1 aromatic rings. The fourth-order valence-electron chi connectivity index (χ4n) is 1.30. The van der Waals surface area contributed by atoms with Crippen LogP contribution in [-0.2, 0) is 10.0 Å². The predicted molar refractivity (Wildman–Crippen MR) is 75.0 cm³/mol. The predicted octanol–water partition coefficient (Wildman–Crippen LogP) is 2.03. The lowest BCUT2D eigenvalue weighted by molar-refractivity contribution is 0.0949. The average Bonchev–Trinajstić information content (AvgIpc) is 2.27. The molecule has 0 aliphatic carbocycles. The molecule has 0 heterocycles. The van der Waals surface area contributed by atoms with Gasteiger partial charge in [-0.05, 0) is 18.1 Å². The maximum absolute atomic E-state index is 11.8. The summed E-state index contributed by atoms with van der Waals surface area (Å²) in [5, 5.41) is 7.43. The van der Waals surface area contributed by atoms with Crippen LogP contribution in [0.25, 0.3) is 0 Å². The summed E-state index contributed by atoms with van der Waals surface area (Å²) in [6.45, 7) is 4.33. The molecule has 1 amide bonds. The molecule has 5 nitrogen and oxygen atoms in total. The van der Waals surface area contributed by atoms with Crippen molar-refractivity contribution in [3.05, 3.63) is 27.7 Å². The first-order chi connectivity index (χ1) is 8.62. The van der Waals surface area contributed by atoms with Gasteiger partial charge in [0.15, 0.2) is 0 Å². The lowest BCUT2D eigenvalue weighted by Crippen LogP contribution is -2.27. The van der Waals surface area contributed by atoms with Crippen molar-refractivity contribution in [3.8, 4) is 0 Å². The number of hydrogen-bond acceptors (Lipinski definition) is 3. The van der Waals surface area contributed by atoms with Crippen LogP contribution in [0.4, 0.5) is 0 Å². The van der Waals surface area contributed by atoms with E-state index in [0.29, 0.717) is 6.54 Å². The van der Waals surface area contributed by atoms with Gasteiger partial charge in [0, 0.05) is 12.1 Å². The topological polar surface area (TPSA) is 89.3 Å². The molecule has 0 aromatic heterocycles. The van der Waals surface area contributed by atoms with Gasteiger partial charge in [-0.25, -0.2) is 13.6 Å². The molecule has 0 aliphatic heterocycles. The number of halogens is 2. The summed E-state index contributed by atoms with van der Waals surface area (Å²) in [4.78, 5) is 11.5. The number of rotatable bonds is 4. The minimum atomic E-state index is -4.04. The second kappa shape index (κ2) is 6.09. The number of nitrogens with one attached hydrogen (secondary N) is 1. The third-order valence-electron chi connectivity index (χ3n) is 2.23. The van der Waals surface area contributed by atoms with Crippen molar-refractivity contribution in [3.63, 3.8) is 0 Å². The fraction of sp³-hybridized carbons (Fsp3) is 0.364. The minimum absolute atomic E-state index is 0.0390. The van der Waals surface area contributed by atoms with E-state index in [4.69, 9.17) is 28.3 Å². The number of sulfonamides is 1. The smallest absolute Gasteiger partial charge is 0.251 e. The lowest BCUT2D eigenvalue weighted by atomic mass is 10.2. The minimum Gasteiger partial charge on any atom is -0.352 e. The average molecular weight is 325 g/mol. The molecule has 0 saturated carbocycles. The maximum atomic E-state index is 11.8. The van der Waals surface area contributed by atoms with Gasteiger partial charge in [0.2, 0.25) is 10.0 Å². The van der Waals surface area contributed by atoms with Crippen LogP contribution in [0.3, 0.4) is 0 Å².